The van der Waals surface area contributed by atoms with Gasteiger partial charge < -0.3 is 14.6 Å². The van der Waals surface area contributed by atoms with Crippen molar-refractivity contribution in [3.8, 4) is 0 Å². The average Bonchev–Trinajstić information content (AvgIpc) is 2.79. The van der Waals surface area contributed by atoms with Gasteiger partial charge in [0.2, 0.25) is 11.2 Å². The van der Waals surface area contributed by atoms with E-state index in [1.54, 1.807) is 0 Å². The zero-order chi connectivity index (χ0) is 28.3. The van der Waals surface area contributed by atoms with Crippen molar-refractivity contribution in [2.24, 2.45) is 11.8 Å². The molecule has 3 atom stereocenters. The first-order chi connectivity index (χ1) is 16.7. The third kappa shape index (κ3) is 3.98. The molecule has 0 amide bonds. The van der Waals surface area contributed by atoms with Crippen LogP contribution in [0.1, 0.15) is 71.1 Å². The van der Waals surface area contributed by atoms with E-state index in [2.05, 4.69) is 16.1 Å². The quantitative estimate of drug-likeness (QED) is 0.233. The predicted octanol–water partition coefficient (Wildman–Crippen LogP) is 6.86. The molecule has 2 aliphatic carbocycles. The third-order valence-electron chi connectivity index (χ3n) is 7.90. The zero-order valence-electron chi connectivity index (χ0n) is 19.9. The van der Waals surface area contributed by atoms with Crippen LogP contribution in [0.4, 0.5) is 43.9 Å². The first-order valence-electron chi connectivity index (χ1n) is 11.9. The molecule has 0 aromatic carbocycles. The number of hydrogen-bond donors (Lipinski definition) is 1. The summed E-state index contributed by atoms with van der Waals surface area (Å²) in [7, 11) is 0. The van der Waals surface area contributed by atoms with E-state index >= 15 is 17.6 Å². The van der Waals surface area contributed by atoms with Crippen molar-refractivity contribution in [1.29, 1.82) is 0 Å². The van der Waals surface area contributed by atoms with Gasteiger partial charge in [-0.2, -0.15) is 43.9 Å². The first-order valence-corrected chi connectivity index (χ1v) is 11.9. The Kier molecular flexibility index (Phi) is 7.51. The summed E-state index contributed by atoms with van der Waals surface area (Å²) in [6.07, 6.45) is -15.9. The molecule has 1 heterocycles. The van der Waals surface area contributed by atoms with E-state index in [1.807, 2.05) is 0 Å². The van der Waals surface area contributed by atoms with E-state index in [9.17, 15) is 36.2 Å². The van der Waals surface area contributed by atoms with Gasteiger partial charge in [-0.3, -0.25) is 0 Å². The second-order valence-electron chi connectivity index (χ2n) is 10.2. The minimum absolute atomic E-state index is 0.104. The lowest BCUT2D eigenvalue weighted by atomic mass is 9.58. The number of halogens is 10. The smallest absolute Gasteiger partial charge is 0.414 e. The highest BCUT2D eigenvalue weighted by Crippen LogP contribution is 2.71. The molecule has 0 bridgehead atoms. The molecule has 0 spiro atoms. The van der Waals surface area contributed by atoms with Gasteiger partial charge in [0.1, 0.15) is 0 Å². The highest BCUT2D eigenvalue weighted by Gasteiger charge is 2.98. The van der Waals surface area contributed by atoms with Crippen molar-refractivity contribution in [3.05, 3.63) is 12.2 Å². The van der Waals surface area contributed by atoms with E-state index in [0.717, 1.165) is 0 Å². The highest BCUT2D eigenvalue weighted by molar-refractivity contribution is 5.87. The Hall–Kier alpha value is -1.57. The average molecular weight is 558 g/mol. The molecule has 2 saturated carbocycles. The Labute approximate surface area is 206 Å². The summed E-state index contributed by atoms with van der Waals surface area (Å²) in [6.45, 7) is 3.65. The number of carbonyl (C=O) groups is 1. The van der Waals surface area contributed by atoms with Gasteiger partial charge in [-0.05, 0) is 32.6 Å². The van der Waals surface area contributed by atoms with Gasteiger partial charge in [0.15, 0.2) is 0 Å². The van der Waals surface area contributed by atoms with Gasteiger partial charge in [0.05, 0.1) is 0 Å². The summed E-state index contributed by atoms with van der Waals surface area (Å²) in [5.41, 5.74) is -11.4. The Morgan fingerprint density at radius 1 is 0.811 bits per heavy atom. The molecule has 1 N–H and O–H groups in total. The van der Waals surface area contributed by atoms with Crippen molar-refractivity contribution in [1.82, 2.24) is 0 Å². The summed E-state index contributed by atoms with van der Waals surface area (Å²) in [5.74, 6) is -25.2. The van der Waals surface area contributed by atoms with Crippen molar-refractivity contribution in [2.45, 2.75) is 112 Å². The van der Waals surface area contributed by atoms with Gasteiger partial charge in [-0.1, -0.05) is 45.1 Å². The van der Waals surface area contributed by atoms with E-state index in [0.29, 0.717) is 6.92 Å². The van der Waals surface area contributed by atoms with Crippen molar-refractivity contribution < 1.29 is 63.3 Å². The number of ether oxygens (including phenoxy) is 2. The molecular formula is C23H28F10O4. The number of carbonyl (C=O) groups excluding carboxylic acids is 1. The molecule has 14 heteroatoms. The maximum atomic E-state index is 16.3. The number of esters is 1. The number of alkyl halides is 10. The molecule has 3 unspecified atom stereocenters. The van der Waals surface area contributed by atoms with Crippen LogP contribution in [0.3, 0.4) is 0 Å². The van der Waals surface area contributed by atoms with E-state index in [4.69, 9.17) is 0 Å². The molecule has 0 aromatic heterocycles. The monoisotopic (exact) mass is 558 g/mol. The maximum absolute atomic E-state index is 16.3. The lowest BCUT2D eigenvalue weighted by Crippen LogP contribution is -2.90. The van der Waals surface area contributed by atoms with Crippen LogP contribution in [0.2, 0.25) is 0 Å². The van der Waals surface area contributed by atoms with Gasteiger partial charge in [-0.25, -0.2) is 4.79 Å². The molecule has 4 nitrogen and oxygen atoms in total. The molecule has 1 aliphatic heterocycles. The van der Waals surface area contributed by atoms with Gasteiger partial charge in [0, 0.05) is 17.4 Å². The largest absolute Gasteiger partial charge is 0.462 e. The van der Waals surface area contributed by atoms with Crippen LogP contribution in [0, 0.1) is 11.8 Å². The fourth-order valence-corrected chi connectivity index (χ4v) is 6.03. The molecule has 214 valence electrons. The molecule has 0 aromatic rings. The molecule has 0 radical (unpaired) electrons. The normalized spacial score (nSPS) is 35.7. The summed E-state index contributed by atoms with van der Waals surface area (Å²) in [6, 6.07) is 0. The topological polar surface area (TPSA) is 55.8 Å². The summed E-state index contributed by atoms with van der Waals surface area (Å²) in [5, 5.41) is 11.1. The van der Waals surface area contributed by atoms with E-state index in [-0.39, 0.29) is 38.5 Å². The summed E-state index contributed by atoms with van der Waals surface area (Å²) >= 11 is 0. The number of hydrogen-bond acceptors (Lipinski definition) is 4. The molecule has 3 aliphatic rings. The van der Waals surface area contributed by atoms with Crippen LogP contribution in [-0.2, 0) is 14.3 Å². The minimum Gasteiger partial charge on any atom is -0.414 e. The van der Waals surface area contributed by atoms with E-state index in [1.165, 1.54) is 0 Å². The summed E-state index contributed by atoms with van der Waals surface area (Å²) in [4.78, 5) is 12.2. The van der Waals surface area contributed by atoms with Crippen LogP contribution in [-0.4, -0.2) is 52.3 Å². The third-order valence-corrected chi connectivity index (χ3v) is 7.90. The van der Waals surface area contributed by atoms with Crippen molar-refractivity contribution in [2.75, 3.05) is 0 Å². The molecule has 37 heavy (non-hydrogen) atoms. The Balaban J connectivity index is 2.47. The predicted molar refractivity (Wildman–Crippen MR) is 108 cm³/mol. The molecule has 1 saturated heterocycles. The van der Waals surface area contributed by atoms with Crippen LogP contribution in [0.25, 0.3) is 0 Å². The highest BCUT2D eigenvalue weighted by atomic mass is 19.4. The second kappa shape index (κ2) is 9.27. The standard InChI is InChI=1S/C23H28F10O4/c1-13(2)16(34)36-21(23(31,32)33)20(26,27)17(35,14-9-5-3-6-10-14)19(24,25)18(37-21,22(28,29)30)15-11-7-4-8-12-15/h14-15,35H,1,3-12H2,2H3. The van der Waals surface area contributed by atoms with Crippen molar-refractivity contribution >= 4 is 5.97 Å². The molecule has 3 fully saturated rings. The second-order valence-corrected chi connectivity index (χ2v) is 10.2. The zero-order valence-corrected chi connectivity index (χ0v) is 19.9. The van der Waals surface area contributed by atoms with Crippen LogP contribution in [0.5, 0.6) is 0 Å². The lowest BCUT2D eigenvalue weighted by Gasteiger charge is -2.64. The van der Waals surface area contributed by atoms with E-state index < -0.39 is 90.2 Å². The Morgan fingerprint density at radius 2 is 1.24 bits per heavy atom. The Morgan fingerprint density at radius 3 is 1.62 bits per heavy atom. The number of aliphatic hydroxyl groups is 1. The van der Waals surface area contributed by atoms with Crippen LogP contribution in [0.15, 0.2) is 12.2 Å². The SMILES string of the molecule is C=C(C)C(=O)OC1(C(F)(F)F)OC(C2CCCCC2)(C(F)(F)F)C(F)(F)C(O)(C2CCCCC2)C1(F)F. The van der Waals surface area contributed by atoms with Gasteiger partial charge in [-0.15, -0.1) is 0 Å². The summed E-state index contributed by atoms with van der Waals surface area (Å²) < 4.78 is 160. The van der Waals surface area contributed by atoms with Gasteiger partial charge >= 0.3 is 36.0 Å². The van der Waals surface area contributed by atoms with Gasteiger partial charge in [0.25, 0.3) is 0 Å². The minimum atomic E-state index is -6.69. The number of rotatable bonds is 4. The Bertz CT molecular complexity index is 889. The van der Waals surface area contributed by atoms with Crippen molar-refractivity contribution in [3.63, 3.8) is 0 Å². The van der Waals surface area contributed by atoms with Crippen LogP contribution < -0.4 is 0 Å². The fourth-order valence-electron chi connectivity index (χ4n) is 6.03. The maximum Gasteiger partial charge on any atom is 0.462 e. The van der Waals surface area contributed by atoms with Crippen LogP contribution >= 0.6 is 0 Å². The molecular weight excluding hydrogens is 530 g/mol. The lowest BCUT2D eigenvalue weighted by molar-refractivity contribution is -0.569. The first kappa shape index (κ1) is 30.0. The molecule has 3 rings (SSSR count). The fraction of sp³-hybridized carbons (Fsp3) is 0.870.